The first-order chi connectivity index (χ1) is 7.84. The van der Waals surface area contributed by atoms with Crippen LogP contribution in [-0.2, 0) is 17.8 Å². The van der Waals surface area contributed by atoms with Crippen LogP contribution in [0.25, 0.3) is 11.3 Å². The highest BCUT2D eigenvalue weighted by Crippen LogP contribution is 2.30. The van der Waals surface area contributed by atoms with E-state index < -0.39 is 0 Å². The van der Waals surface area contributed by atoms with Crippen LogP contribution in [0.5, 0.6) is 0 Å². The molecular formula is C12H12N2O2. The fourth-order valence-electron chi connectivity index (χ4n) is 2.07. The summed E-state index contributed by atoms with van der Waals surface area (Å²) in [6.45, 7) is 1.43. The molecule has 2 N–H and O–H groups in total. The minimum Gasteiger partial charge on any atom is -0.381 e. The third-order valence-electron chi connectivity index (χ3n) is 2.82. The first-order valence-electron chi connectivity index (χ1n) is 5.25. The number of rotatable bonds is 1. The van der Waals surface area contributed by atoms with Gasteiger partial charge < -0.3 is 15.0 Å². The Hall–Kier alpha value is -1.81. The number of ether oxygens (including phenoxy) is 1. The molecule has 0 atom stereocenters. The Morgan fingerprint density at radius 2 is 2.25 bits per heavy atom. The second kappa shape index (κ2) is 3.64. The summed E-state index contributed by atoms with van der Waals surface area (Å²) in [7, 11) is 0. The molecule has 0 fully saturated rings. The monoisotopic (exact) mass is 216 g/mol. The van der Waals surface area contributed by atoms with E-state index in [1.165, 1.54) is 11.1 Å². The Morgan fingerprint density at radius 1 is 1.31 bits per heavy atom. The first-order valence-corrected chi connectivity index (χ1v) is 5.25. The number of aromatic nitrogens is 1. The Kier molecular flexibility index (Phi) is 2.15. The maximum absolute atomic E-state index is 5.56. The van der Waals surface area contributed by atoms with Crippen molar-refractivity contribution in [3.05, 3.63) is 35.4 Å². The van der Waals surface area contributed by atoms with Crippen LogP contribution in [0.15, 0.2) is 28.8 Å². The third-order valence-corrected chi connectivity index (χ3v) is 2.82. The second-order valence-electron chi connectivity index (χ2n) is 3.86. The normalized spacial score (nSPS) is 14.8. The summed E-state index contributed by atoms with van der Waals surface area (Å²) in [4.78, 5) is 0. The van der Waals surface area contributed by atoms with Crippen molar-refractivity contribution in [2.24, 2.45) is 0 Å². The summed E-state index contributed by atoms with van der Waals surface area (Å²) in [5, 5.41) is 3.71. The molecule has 4 heteroatoms. The summed E-state index contributed by atoms with van der Waals surface area (Å²) >= 11 is 0. The molecule has 1 aliphatic heterocycles. The smallest absolute Gasteiger partial charge is 0.169 e. The lowest BCUT2D eigenvalue weighted by Crippen LogP contribution is -2.10. The predicted octanol–water partition coefficient (Wildman–Crippen LogP) is 2.00. The van der Waals surface area contributed by atoms with Gasteiger partial charge in [0.2, 0.25) is 0 Å². The van der Waals surface area contributed by atoms with Crippen LogP contribution in [0.2, 0.25) is 0 Å². The number of nitrogens with zero attached hydrogens (tertiary/aromatic N) is 1. The quantitative estimate of drug-likeness (QED) is 0.791. The second-order valence-corrected chi connectivity index (χ2v) is 3.86. The zero-order chi connectivity index (χ0) is 11.0. The van der Waals surface area contributed by atoms with E-state index in [0.29, 0.717) is 12.4 Å². The van der Waals surface area contributed by atoms with E-state index >= 15 is 0 Å². The van der Waals surface area contributed by atoms with Gasteiger partial charge in [0.05, 0.1) is 13.2 Å². The fourth-order valence-corrected chi connectivity index (χ4v) is 2.07. The van der Waals surface area contributed by atoms with Gasteiger partial charge >= 0.3 is 0 Å². The van der Waals surface area contributed by atoms with Crippen molar-refractivity contribution in [2.75, 3.05) is 12.3 Å². The topological polar surface area (TPSA) is 61.3 Å². The molecule has 0 radical (unpaired) electrons. The van der Waals surface area contributed by atoms with Gasteiger partial charge in [-0.25, -0.2) is 0 Å². The van der Waals surface area contributed by atoms with Gasteiger partial charge in [0.1, 0.15) is 0 Å². The van der Waals surface area contributed by atoms with Crippen LogP contribution in [0, 0.1) is 0 Å². The minimum atomic E-state index is 0.416. The minimum absolute atomic E-state index is 0.416. The van der Waals surface area contributed by atoms with E-state index in [2.05, 4.69) is 11.2 Å². The Labute approximate surface area is 93.0 Å². The van der Waals surface area contributed by atoms with E-state index in [1.54, 1.807) is 6.07 Å². The molecule has 1 aromatic heterocycles. The summed E-state index contributed by atoms with van der Waals surface area (Å²) in [5.74, 6) is 1.15. The molecule has 2 heterocycles. The maximum atomic E-state index is 5.56. The van der Waals surface area contributed by atoms with Crippen molar-refractivity contribution < 1.29 is 9.26 Å². The van der Waals surface area contributed by atoms with E-state index in [0.717, 1.165) is 24.4 Å². The van der Waals surface area contributed by atoms with Crippen molar-refractivity contribution in [1.82, 2.24) is 5.16 Å². The zero-order valence-electron chi connectivity index (χ0n) is 8.77. The van der Waals surface area contributed by atoms with Crippen LogP contribution >= 0.6 is 0 Å². The van der Waals surface area contributed by atoms with E-state index in [1.807, 2.05) is 12.1 Å². The number of benzene rings is 1. The molecule has 82 valence electrons. The maximum Gasteiger partial charge on any atom is 0.169 e. The Morgan fingerprint density at radius 3 is 3.06 bits per heavy atom. The third kappa shape index (κ3) is 1.47. The average molecular weight is 216 g/mol. The van der Waals surface area contributed by atoms with Crippen molar-refractivity contribution >= 4 is 5.82 Å². The van der Waals surface area contributed by atoms with Crippen LogP contribution < -0.4 is 5.73 Å². The number of anilines is 1. The molecule has 1 aromatic carbocycles. The summed E-state index contributed by atoms with van der Waals surface area (Å²) in [6.07, 6.45) is 0.909. The highest BCUT2D eigenvalue weighted by Gasteiger charge is 2.16. The van der Waals surface area contributed by atoms with Crippen LogP contribution in [0.1, 0.15) is 11.1 Å². The number of hydrogen-bond donors (Lipinski definition) is 1. The van der Waals surface area contributed by atoms with Crippen LogP contribution in [0.4, 0.5) is 5.82 Å². The molecule has 1 aliphatic rings. The highest BCUT2D eigenvalue weighted by molar-refractivity contribution is 5.66. The predicted molar refractivity (Wildman–Crippen MR) is 59.7 cm³/mol. The Bertz CT molecular complexity index is 519. The largest absolute Gasteiger partial charge is 0.381 e. The lowest BCUT2D eigenvalue weighted by Gasteiger charge is -2.18. The molecule has 0 saturated carbocycles. The van der Waals surface area contributed by atoms with E-state index in [4.69, 9.17) is 15.0 Å². The van der Waals surface area contributed by atoms with Gasteiger partial charge in [0.15, 0.2) is 11.6 Å². The van der Waals surface area contributed by atoms with Gasteiger partial charge in [-0.15, -0.1) is 0 Å². The SMILES string of the molecule is Nc1cc(-c2cccc3c2CCOC3)on1. The molecule has 0 saturated heterocycles. The molecule has 0 bridgehead atoms. The van der Waals surface area contributed by atoms with E-state index in [-0.39, 0.29) is 0 Å². The molecule has 16 heavy (non-hydrogen) atoms. The fraction of sp³-hybridized carbons (Fsp3) is 0.250. The lowest BCUT2D eigenvalue weighted by atomic mass is 9.96. The van der Waals surface area contributed by atoms with Gasteiger partial charge in [-0.2, -0.15) is 0 Å². The molecule has 3 rings (SSSR count). The summed E-state index contributed by atoms with van der Waals surface area (Å²) in [5.41, 5.74) is 9.14. The van der Waals surface area contributed by atoms with Gasteiger partial charge in [-0.3, -0.25) is 0 Å². The molecule has 0 spiro atoms. The van der Waals surface area contributed by atoms with Crippen molar-refractivity contribution in [2.45, 2.75) is 13.0 Å². The van der Waals surface area contributed by atoms with E-state index in [9.17, 15) is 0 Å². The lowest BCUT2D eigenvalue weighted by molar-refractivity contribution is 0.111. The first kappa shape index (κ1) is 9.42. The molecule has 0 unspecified atom stereocenters. The van der Waals surface area contributed by atoms with Gasteiger partial charge in [0, 0.05) is 11.6 Å². The molecule has 0 amide bonds. The van der Waals surface area contributed by atoms with Gasteiger partial charge in [0.25, 0.3) is 0 Å². The standard InChI is InChI=1S/C12H12N2O2/c13-12-6-11(16-14-12)10-3-1-2-8-7-15-5-4-9(8)10/h1-3,6H,4-5,7H2,(H2,13,14). The average Bonchev–Trinajstić information content (AvgIpc) is 2.75. The van der Waals surface area contributed by atoms with Crippen molar-refractivity contribution in [1.29, 1.82) is 0 Å². The number of nitrogens with two attached hydrogens (primary N) is 1. The molecule has 4 nitrogen and oxygen atoms in total. The van der Waals surface area contributed by atoms with Crippen molar-refractivity contribution in [3.63, 3.8) is 0 Å². The van der Waals surface area contributed by atoms with Crippen LogP contribution in [-0.4, -0.2) is 11.8 Å². The highest BCUT2D eigenvalue weighted by atomic mass is 16.5. The Balaban J connectivity index is 2.13. The summed E-state index contributed by atoms with van der Waals surface area (Å²) < 4.78 is 10.6. The number of hydrogen-bond acceptors (Lipinski definition) is 4. The molecule has 0 aliphatic carbocycles. The summed E-state index contributed by atoms with van der Waals surface area (Å²) in [6, 6.07) is 7.87. The van der Waals surface area contributed by atoms with Crippen LogP contribution in [0.3, 0.4) is 0 Å². The number of fused-ring (bicyclic) bond motifs is 1. The zero-order valence-corrected chi connectivity index (χ0v) is 8.77. The van der Waals surface area contributed by atoms with Crippen molar-refractivity contribution in [3.8, 4) is 11.3 Å². The van der Waals surface area contributed by atoms with Gasteiger partial charge in [-0.05, 0) is 17.5 Å². The molecule has 2 aromatic rings. The molecular weight excluding hydrogens is 204 g/mol. The number of nitrogen functional groups attached to an aromatic ring is 1. The van der Waals surface area contributed by atoms with Gasteiger partial charge in [-0.1, -0.05) is 23.4 Å².